The number of aliphatic hydroxyl groups excluding tert-OH is 2. The molecule has 0 bridgehead atoms. The Morgan fingerprint density at radius 1 is 1.43 bits per heavy atom. The van der Waals surface area contributed by atoms with Gasteiger partial charge in [0.15, 0.2) is 0 Å². The summed E-state index contributed by atoms with van der Waals surface area (Å²) in [7, 11) is 0. The van der Waals surface area contributed by atoms with Crippen LogP contribution < -0.4 is 0 Å². The first-order chi connectivity index (χ1) is 10.0. The minimum Gasteiger partial charge on any atom is -0.494 e. The van der Waals surface area contributed by atoms with Crippen LogP contribution in [-0.4, -0.2) is 28.5 Å². The summed E-state index contributed by atoms with van der Waals surface area (Å²) in [6.45, 7) is 4.05. The highest BCUT2D eigenvalue weighted by Crippen LogP contribution is 2.53. The zero-order valence-electron chi connectivity index (χ0n) is 13.3. The van der Waals surface area contributed by atoms with Crippen LogP contribution in [0.2, 0.25) is 0 Å². The summed E-state index contributed by atoms with van der Waals surface area (Å²) in [4.78, 5) is 0. The Kier molecular flexibility index (Phi) is 4.15. The van der Waals surface area contributed by atoms with Crippen LogP contribution in [0.3, 0.4) is 0 Å². The van der Waals surface area contributed by atoms with Gasteiger partial charge in [0.05, 0.1) is 24.1 Å². The van der Waals surface area contributed by atoms with E-state index in [-0.39, 0.29) is 17.6 Å². The molecule has 0 saturated heterocycles. The van der Waals surface area contributed by atoms with E-state index in [9.17, 15) is 10.2 Å². The Morgan fingerprint density at radius 3 is 3.00 bits per heavy atom. The molecule has 2 aliphatic carbocycles. The van der Waals surface area contributed by atoms with Crippen LogP contribution in [0.15, 0.2) is 23.0 Å². The number of allylic oxidation sites excluding steroid dienone is 2. The lowest BCUT2D eigenvalue weighted by Crippen LogP contribution is -2.35. The van der Waals surface area contributed by atoms with Gasteiger partial charge in [-0.1, -0.05) is 13.0 Å². The van der Waals surface area contributed by atoms with Crippen molar-refractivity contribution in [1.29, 1.82) is 0 Å². The molecule has 0 spiro atoms. The van der Waals surface area contributed by atoms with E-state index < -0.39 is 0 Å². The normalized spacial score (nSPS) is 36.7. The molecule has 3 nitrogen and oxygen atoms in total. The van der Waals surface area contributed by atoms with E-state index in [2.05, 4.69) is 13.0 Å². The van der Waals surface area contributed by atoms with Gasteiger partial charge in [0.25, 0.3) is 0 Å². The summed E-state index contributed by atoms with van der Waals surface area (Å²) in [5.74, 6) is 1.18. The highest BCUT2D eigenvalue weighted by atomic mass is 16.5. The third-order valence-corrected chi connectivity index (χ3v) is 5.60. The summed E-state index contributed by atoms with van der Waals surface area (Å²) < 4.78 is 6.24. The molecule has 2 N–H and O–H groups in total. The Hall–Kier alpha value is -0.800. The van der Waals surface area contributed by atoms with E-state index in [0.717, 1.165) is 51.4 Å². The van der Waals surface area contributed by atoms with Crippen LogP contribution in [-0.2, 0) is 4.74 Å². The summed E-state index contributed by atoms with van der Waals surface area (Å²) >= 11 is 0. The van der Waals surface area contributed by atoms with Crippen LogP contribution in [0.1, 0.15) is 65.2 Å². The molecular formula is C18H28O3. The topological polar surface area (TPSA) is 49.7 Å². The molecule has 3 rings (SSSR count). The van der Waals surface area contributed by atoms with Crippen molar-refractivity contribution < 1.29 is 14.9 Å². The number of hydrogen-bond acceptors (Lipinski definition) is 3. The molecule has 118 valence electrons. The summed E-state index contributed by atoms with van der Waals surface area (Å²) in [5.41, 5.74) is 2.70. The molecule has 0 radical (unpaired) electrons. The van der Waals surface area contributed by atoms with E-state index in [0.29, 0.717) is 6.10 Å². The number of fused-ring (bicyclic) bond motifs is 2. The lowest BCUT2D eigenvalue weighted by Gasteiger charge is -2.41. The second kappa shape index (κ2) is 5.77. The SMILES string of the molecule is CC(O)CCCC1CCC2=C(CCC3(C)C2=CCC3O)O1. The summed E-state index contributed by atoms with van der Waals surface area (Å²) in [6.07, 6.45) is 9.98. The van der Waals surface area contributed by atoms with Crippen molar-refractivity contribution in [3.05, 3.63) is 23.0 Å². The fourth-order valence-electron chi connectivity index (χ4n) is 4.16. The molecule has 3 aliphatic rings. The smallest absolute Gasteiger partial charge is 0.0999 e. The number of aliphatic hydroxyl groups is 2. The molecule has 4 atom stereocenters. The third-order valence-electron chi connectivity index (χ3n) is 5.60. The monoisotopic (exact) mass is 292 g/mol. The molecule has 0 saturated carbocycles. The Morgan fingerprint density at radius 2 is 2.24 bits per heavy atom. The quantitative estimate of drug-likeness (QED) is 0.834. The molecule has 0 aromatic carbocycles. The van der Waals surface area contributed by atoms with E-state index in [4.69, 9.17) is 4.74 Å². The van der Waals surface area contributed by atoms with Gasteiger partial charge in [0, 0.05) is 11.8 Å². The van der Waals surface area contributed by atoms with Gasteiger partial charge in [-0.05, 0) is 63.0 Å². The van der Waals surface area contributed by atoms with Gasteiger partial charge in [-0.15, -0.1) is 0 Å². The molecule has 21 heavy (non-hydrogen) atoms. The first-order valence-corrected chi connectivity index (χ1v) is 8.46. The lowest BCUT2D eigenvalue weighted by atomic mass is 9.69. The maximum atomic E-state index is 10.3. The lowest BCUT2D eigenvalue weighted by molar-refractivity contribution is 0.0373. The fourth-order valence-corrected chi connectivity index (χ4v) is 4.16. The molecular weight excluding hydrogens is 264 g/mol. The van der Waals surface area contributed by atoms with Crippen LogP contribution in [0, 0.1) is 5.41 Å². The molecule has 4 unspecified atom stereocenters. The van der Waals surface area contributed by atoms with Gasteiger partial charge in [0.1, 0.15) is 0 Å². The predicted molar refractivity (Wildman–Crippen MR) is 82.7 cm³/mol. The Bertz CT molecular complexity index is 463. The van der Waals surface area contributed by atoms with Gasteiger partial charge >= 0.3 is 0 Å². The standard InChI is InChI=1S/C18H28O3/c1-12(19)4-3-5-13-6-7-14-15-8-9-17(20)18(15,2)11-10-16(14)21-13/h8,12-13,17,19-20H,3-7,9-11H2,1-2H3. The molecule has 0 aromatic rings. The zero-order chi connectivity index (χ0) is 15.0. The number of rotatable bonds is 4. The highest BCUT2D eigenvalue weighted by Gasteiger charge is 2.46. The van der Waals surface area contributed by atoms with Crippen molar-refractivity contribution in [1.82, 2.24) is 0 Å². The van der Waals surface area contributed by atoms with Crippen molar-refractivity contribution in [3.8, 4) is 0 Å². The van der Waals surface area contributed by atoms with Gasteiger partial charge in [-0.2, -0.15) is 0 Å². The van der Waals surface area contributed by atoms with Crippen molar-refractivity contribution in [2.75, 3.05) is 0 Å². The van der Waals surface area contributed by atoms with Crippen LogP contribution in [0.4, 0.5) is 0 Å². The van der Waals surface area contributed by atoms with E-state index >= 15 is 0 Å². The van der Waals surface area contributed by atoms with Gasteiger partial charge in [0.2, 0.25) is 0 Å². The van der Waals surface area contributed by atoms with Crippen molar-refractivity contribution >= 4 is 0 Å². The largest absolute Gasteiger partial charge is 0.494 e. The maximum Gasteiger partial charge on any atom is 0.0999 e. The zero-order valence-corrected chi connectivity index (χ0v) is 13.3. The van der Waals surface area contributed by atoms with E-state index in [1.807, 2.05) is 6.92 Å². The van der Waals surface area contributed by atoms with Crippen LogP contribution >= 0.6 is 0 Å². The molecule has 3 heteroatoms. The van der Waals surface area contributed by atoms with Crippen LogP contribution in [0.5, 0.6) is 0 Å². The van der Waals surface area contributed by atoms with Crippen molar-refractivity contribution in [2.24, 2.45) is 5.41 Å². The second-order valence-electron chi connectivity index (χ2n) is 7.25. The predicted octanol–water partition coefficient (Wildman–Crippen LogP) is 3.46. The van der Waals surface area contributed by atoms with Crippen LogP contribution in [0.25, 0.3) is 0 Å². The fraction of sp³-hybridized carbons (Fsp3) is 0.778. The molecule has 1 aliphatic heterocycles. The highest BCUT2D eigenvalue weighted by molar-refractivity contribution is 5.45. The number of ether oxygens (including phenoxy) is 1. The number of hydrogen-bond donors (Lipinski definition) is 2. The van der Waals surface area contributed by atoms with Crippen molar-refractivity contribution in [2.45, 2.75) is 83.5 Å². The summed E-state index contributed by atoms with van der Waals surface area (Å²) in [5, 5.41) is 19.6. The Balaban J connectivity index is 1.66. The van der Waals surface area contributed by atoms with Gasteiger partial charge < -0.3 is 14.9 Å². The molecule has 0 amide bonds. The van der Waals surface area contributed by atoms with E-state index in [1.54, 1.807) is 0 Å². The minimum absolute atomic E-state index is 0.0403. The average molecular weight is 292 g/mol. The molecule has 1 heterocycles. The average Bonchev–Trinajstić information content (AvgIpc) is 2.75. The third kappa shape index (κ3) is 2.78. The van der Waals surface area contributed by atoms with Gasteiger partial charge in [-0.25, -0.2) is 0 Å². The van der Waals surface area contributed by atoms with Crippen molar-refractivity contribution in [3.63, 3.8) is 0 Å². The Labute approximate surface area is 127 Å². The first kappa shape index (κ1) is 15.1. The molecule has 0 aromatic heterocycles. The summed E-state index contributed by atoms with van der Waals surface area (Å²) in [6, 6.07) is 0. The maximum absolute atomic E-state index is 10.3. The second-order valence-corrected chi connectivity index (χ2v) is 7.25. The minimum atomic E-state index is -0.217. The first-order valence-electron chi connectivity index (χ1n) is 8.46. The van der Waals surface area contributed by atoms with E-state index in [1.165, 1.54) is 16.9 Å². The molecule has 0 fully saturated rings. The van der Waals surface area contributed by atoms with Gasteiger partial charge in [-0.3, -0.25) is 0 Å².